The number of aromatic nitrogens is 2. The normalized spacial score (nSPS) is 28.1. The minimum absolute atomic E-state index is 0.194. The summed E-state index contributed by atoms with van der Waals surface area (Å²) >= 11 is 0. The van der Waals surface area contributed by atoms with Crippen LogP contribution in [-0.2, 0) is 16.9 Å². The number of ether oxygens (including phenoxy) is 1. The average Bonchev–Trinajstić information content (AvgIpc) is 3.51. The maximum Gasteiger partial charge on any atom is 0.176 e. The van der Waals surface area contributed by atoms with E-state index < -0.39 is 24.2 Å². The summed E-state index contributed by atoms with van der Waals surface area (Å²) in [6.07, 6.45) is 1.01. The number of nitrogens with zero attached hydrogens (tertiary/aromatic N) is 2. The van der Waals surface area contributed by atoms with E-state index in [2.05, 4.69) is 27.3 Å². The Balaban J connectivity index is 1.78. The molecule has 33 heavy (non-hydrogen) atoms. The number of hydrogen-bond acceptors (Lipinski definition) is 4. The van der Waals surface area contributed by atoms with Crippen molar-refractivity contribution in [1.82, 2.24) is 9.13 Å². The van der Waals surface area contributed by atoms with Crippen molar-refractivity contribution in [2.45, 2.75) is 43.7 Å². The van der Waals surface area contributed by atoms with E-state index in [-0.39, 0.29) is 12.2 Å². The van der Waals surface area contributed by atoms with E-state index in [1.807, 2.05) is 37.3 Å². The third kappa shape index (κ3) is 1.78. The molecule has 6 heteroatoms. The number of aryl methyl sites for hydroxylation is 1. The molecule has 0 radical (unpaired) electrons. The van der Waals surface area contributed by atoms with E-state index in [1.54, 1.807) is 0 Å². The number of ketones is 1. The molecule has 164 valence electrons. The summed E-state index contributed by atoms with van der Waals surface area (Å²) in [6, 6.07) is 16.3. The van der Waals surface area contributed by atoms with Gasteiger partial charge in [-0.15, -0.1) is 0 Å². The van der Waals surface area contributed by atoms with E-state index in [4.69, 9.17) is 4.74 Å². The van der Waals surface area contributed by atoms with Crippen molar-refractivity contribution in [3.8, 4) is 0 Å². The van der Waals surface area contributed by atoms with Crippen molar-refractivity contribution in [3.63, 3.8) is 0 Å². The number of carbonyl (C=O) groups excluding carboxylic acids is 1. The zero-order valence-corrected chi connectivity index (χ0v) is 18.1. The van der Waals surface area contributed by atoms with Crippen LogP contribution in [0.25, 0.3) is 43.6 Å². The van der Waals surface area contributed by atoms with Gasteiger partial charge < -0.3 is 24.1 Å². The predicted molar refractivity (Wildman–Crippen MR) is 126 cm³/mol. The Morgan fingerprint density at radius 1 is 1.00 bits per heavy atom. The summed E-state index contributed by atoms with van der Waals surface area (Å²) in [5.74, 6) is 0.194. The van der Waals surface area contributed by atoms with Gasteiger partial charge in [-0.3, -0.25) is 4.79 Å². The van der Waals surface area contributed by atoms with Crippen LogP contribution in [0.15, 0.2) is 48.5 Å². The molecule has 0 amide bonds. The summed E-state index contributed by atoms with van der Waals surface area (Å²) in [6.45, 7) is 1.48. The first-order valence-corrected chi connectivity index (χ1v) is 11.5. The second kappa shape index (κ2) is 5.47. The number of rotatable bonds is 1. The highest BCUT2D eigenvalue weighted by Gasteiger charge is 2.60. The van der Waals surface area contributed by atoms with Crippen LogP contribution in [0.2, 0.25) is 0 Å². The van der Waals surface area contributed by atoms with E-state index in [9.17, 15) is 15.0 Å². The molecule has 4 heterocycles. The van der Waals surface area contributed by atoms with Gasteiger partial charge in [0.1, 0.15) is 11.8 Å². The van der Waals surface area contributed by atoms with Crippen LogP contribution < -0.4 is 0 Å². The third-order valence-electron chi connectivity index (χ3n) is 8.46. The molecule has 0 saturated carbocycles. The highest BCUT2D eigenvalue weighted by molar-refractivity contribution is 6.31. The van der Waals surface area contributed by atoms with E-state index >= 15 is 0 Å². The molecular formula is C27H22N2O4. The van der Waals surface area contributed by atoms with Gasteiger partial charge in [-0.1, -0.05) is 36.4 Å². The quantitative estimate of drug-likeness (QED) is 0.408. The first kappa shape index (κ1) is 18.3. The van der Waals surface area contributed by atoms with Crippen LogP contribution in [0, 0.1) is 0 Å². The van der Waals surface area contributed by atoms with Crippen molar-refractivity contribution in [2.75, 3.05) is 6.61 Å². The van der Waals surface area contributed by atoms with Crippen LogP contribution >= 0.6 is 0 Å². The van der Waals surface area contributed by atoms with E-state index in [0.717, 1.165) is 54.7 Å². The lowest BCUT2D eigenvalue weighted by Crippen LogP contribution is -2.53. The van der Waals surface area contributed by atoms with E-state index in [0.29, 0.717) is 12.8 Å². The molecule has 5 aromatic rings. The first-order chi connectivity index (χ1) is 16.0. The van der Waals surface area contributed by atoms with Crippen LogP contribution in [0.1, 0.15) is 41.9 Å². The summed E-state index contributed by atoms with van der Waals surface area (Å²) in [7, 11) is 0. The minimum atomic E-state index is -1.46. The van der Waals surface area contributed by atoms with Crippen LogP contribution in [0.4, 0.5) is 0 Å². The van der Waals surface area contributed by atoms with Gasteiger partial charge in [0.25, 0.3) is 0 Å². The summed E-state index contributed by atoms with van der Waals surface area (Å²) < 4.78 is 11.0. The summed E-state index contributed by atoms with van der Waals surface area (Å²) in [5.41, 5.74) is 3.20. The van der Waals surface area contributed by atoms with Crippen LogP contribution in [0.5, 0.6) is 0 Å². The van der Waals surface area contributed by atoms with Crippen LogP contribution in [-0.4, -0.2) is 37.3 Å². The lowest BCUT2D eigenvalue weighted by Gasteiger charge is -2.38. The standard InChI is InChI=1S/C27H22N2O4/c1-26-27(32,13-30)12-20(33-26)28-17-8-4-2-6-14(17)23-22-16(10-11-19(22)31)21-15-7-3-5-9-18(15)29(26)25(21)24(23)28/h2-9,20,30,32H,10-13H2,1H3/t20-,26+,27+/m1/s1. The van der Waals surface area contributed by atoms with Gasteiger partial charge in [0.2, 0.25) is 0 Å². The number of benzene rings is 3. The molecule has 1 saturated heterocycles. The smallest absolute Gasteiger partial charge is 0.176 e. The topological polar surface area (TPSA) is 76.6 Å². The molecule has 8 rings (SSSR count). The fraction of sp³-hybridized carbons (Fsp3) is 0.296. The molecule has 2 N–H and O–H groups in total. The Bertz CT molecular complexity index is 1730. The molecule has 6 nitrogen and oxygen atoms in total. The highest BCUT2D eigenvalue weighted by atomic mass is 16.6. The minimum Gasteiger partial charge on any atom is -0.393 e. The number of Topliss-reactive ketones (excluding diaryl/α,β-unsaturated/α-hetero) is 1. The van der Waals surface area contributed by atoms with Crippen molar-refractivity contribution < 1.29 is 19.7 Å². The Morgan fingerprint density at radius 2 is 1.70 bits per heavy atom. The predicted octanol–water partition coefficient (Wildman–Crippen LogP) is 4.36. The molecule has 3 aliphatic rings. The molecule has 2 bridgehead atoms. The molecule has 3 aromatic carbocycles. The Morgan fingerprint density at radius 3 is 2.45 bits per heavy atom. The van der Waals surface area contributed by atoms with Crippen LogP contribution in [0.3, 0.4) is 0 Å². The lowest BCUT2D eigenvalue weighted by atomic mass is 9.89. The van der Waals surface area contributed by atoms with Gasteiger partial charge in [0.15, 0.2) is 11.5 Å². The second-order valence-corrected chi connectivity index (χ2v) is 9.91. The summed E-state index contributed by atoms with van der Waals surface area (Å²) in [4.78, 5) is 13.3. The van der Waals surface area contributed by atoms with Gasteiger partial charge in [0.05, 0.1) is 28.7 Å². The first-order valence-electron chi connectivity index (χ1n) is 11.5. The number of hydrogen-bond donors (Lipinski definition) is 2. The van der Waals surface area contributed by atoms with Gasteiger partial charge >= 0.3 is 0 Å². The highest BCUT2D eigenvalue weighted by Crippen LogP contribution is 2.57. The lowest BCUT2D eigenvalue weighted by molar-refractivity contribution is -0.189. The third-order valence-corrected chi connectivity index (χ3v) is 8.46. The molecule has 0 unspecified atom stereocenters. The molecule has 2 aromatic heterocycles. The summed E-state index contributed by atoms with van der Waals surface area (Å²) in [5, 5.41) is 26.3. The number of fused-ring (bicyclic) bond motifs is 13. The molecule has 1 aliphatic carbocycles. The number of para-hydroxylation sites is 2. The van der Waals surface area contributed by atoms with Crippen molar-refractivity contribution in [2.24, 2.45) is 0 Å². The Hall–Kier alpha value is -3.19. The monoisotopic (exact) mass is 438 g/mol. The van der Waals surface area contributed by atoms with Crippen molar-refractivity contribution >= 4 is 49.4 Å². The molecular weight excluding hydrogens is 416 g/mol. The van der Waals surface area contributed by atoms with Gasteiger partial charge in [0, 0.05) is 39.9 Å². The molecule has 2 aliphatic heterocycles. The zero-order chi connectivity index (χ0) is 22.3. The number of aliphatic hydroxyl groups is 2. The molecule has 0 spiro atoms. The van der Waals surface area contributed by atoms with E-state index in [1.165, 1.54) is 0 Å². The molecule has 1 fully saturated rings. The van der Waals surface area contributed by atoms with Crippen molar-refractivity contribution in [3.05, 3.63) is 59.7 Å². The maximum atomic E-state index is 13.3. The van der Waals surface area contributed by atoms with Gasteiger partial charge in [-0.2, -0.15) is 0 Å². The van der Waals surface area contributed by atoms with Crippen molar-refractivity contribution in [1.29, 1.82) is 0 Å². The average molecular weight is 438 g/mol. The fourth-order valence-corrected chi connectivity index (χ4v) is 6.97. The zero-order valence-electron chi connectivity index (χ0n) is 18.1. The van der Waals surface area contributed by atoms with Gasteiger partial charge in [-0.05, 0) is 31.0 Å². The second-order valence-electron chi connectivity index (χ2n) is 9.91. The molecule has 3 atom stereocenters. The Kier molecular flexibility index (Phi) is 3.03. The number of carbonyl (C=O) groups is 1. The largest absolute Gasteiger partial charge is 0.393 e. The number of aliphatic hydroxyl groups excluding tert-OH is 1. The SMILES string of the molecule is C[C@]12O[C@H](C[C@]1(O)CO)n1c3ccccc3c3c4c(c5c6ccccc6n2c5c31)CCC4=O. The fourth-order valence-electron chi connectivity index (χ4n) is 6.97. The Labute approximate surface area is 188 Å². The van der Waals surface area contributed by atoms with Gasteiger partial charge in [-0.25, -0.2) is 0 Å². The maximum absolute atomic E-state index is 13.3.